The van der Waals surface area contributed by atoms with Gasteiger partial charge in [-0.15, -0.1) is 11.3 Å². The molecule has 0 saturated heterocycles. The smallest absolute Gasteiger partial charge is 0.279 e. The number of aromatic nitrogens is 2. The highest BCUT2D eigenvalue weighted by Gasteiger charge is 2.63. The van der Waals surface area contributed by atoms with Crippen molar-refractivity contribution >= 4 is 39.1 Å². The molecule has 1 aliphatic heterocycles. The number of hydrogen-bond donors (Lipinski definition) is 2. The maximum Gasteiger partial charge on any atom is 0.279 e. The molecule has 1 aliphatic rings. The number of rotatable bonds is 11. The van der Waals surface area contributed by atoms with Gasteiger partial charge in [0.2, 0.25) is 0 Å². The molecule has 46 heavy (non-hydrogen) atoms. The summed E-state index contributed by atoms with van der Waals surface area (Å²) in [7, 11) is 1.67. The summed E-state index contributed by atoms with van der Waals surface area (Å²) >= 11 is 1.46. The lowest BCUT2D eigenvalue weighted by Crippen LogP contribution is -2.65. The van der Waals surface area contributed by atoms with E-state index in [4.69, 9.17) is 15.2 Å². The van der Waals surface area contributed by atoms with Crippen LogP contribution in [0.4, 0.5) is 10.1 Å². The predicted molar refractivity (Wildman–Crippen MR) is 176 cm³/mol. The number of alkyl halides is 1. The second-order valence-corrected chi connectivity index (χ2v) is 12.1. The highest BCUT2D eigenvalue weighted by atomic mass is 32.1. The highest BCUT2D eigenvalue weighted by molar-refractivity contribution is 7.22. The quantitative estimate of drug-likeness (QED) is 0.137. The van der Waals surface area contributed by atoms with Gasteiger partial charge >= 0.3 is 0 Å². The van der Waals surface area contributed by atoms with Crippen LogP contribution in [0, 0.1) is 0 Å². The molecule has 5 aromatic rings. The van der Waals surface area contributed by atoms with Gasteiger partial charge in [-0.1, -0.05) is 48.5 Å². The summed E-state index contributed by atoms with van der Waals surface area (Å²) in [5.74, 6) is -1.72. The van der Waals surface area contributed by atoms with E-state index in [2.05, 4.69) is 15.3 Å². The van der Waals surface area contributed by atoms with Crippen molar-refractivity contribution in [3.05, 3.63) is 115 Å². The summed E-state index contributed by atoms with van der Waals surface area (Å²) < 4.78 is 29.3. The minimum Gasteiger partial charge on any atom is -0.455 e. The number of anilines is 1. The van der Waals surface area contributed by atoms with Gasteiger partial charge in [0, 0.05) is 56.1 Å². The molecule has 2 unspecified atom stereocenters. The molecule has 0 radical (unpaired) electrons. The van der Waals surface area contributed by atoms with Gasteiger partial charge in [0.1, 0.15) is 11.5 Å². The Morgan fingerprint density at radius 2 is 1.83 bits per heavy atom. The number of nitrogens with two attached hydrogens (primary N) is 1. The number of halogens is 1. The molecule has 6 rings (SSSR count). The lowest BCUT2D eigenvalue weighted by molar-refractivity contribution is -0.146. The monoisotopic (exact) mass is 637 g/mol. The molecule has 9 nitrogen and oxygen atoms in total. The van der Waals surface area contributed by atoms with Crippen LogP contribution in [-0.4, -0.2) is 47.7 Å². The molecule has 11 heteroatoms. The second-order valence-electron chi connectivity index (χ2n) is 11.0. The number of nitrogens with zero attached hydrogens (tertiary/aromatic N) is 3. The average molecular weight is 638 g/mol. The van der Waals surface area contributed by atoms with Crippen molar-refractivity contribution < 1.29 is 23.5 Å². The molecular formula is C35H32FN5O4S. The number of carbonyl (C=O) groups excluding carboxylic acids is 2. The fourth-order valence-corrected chi connectivity index (χ4v) is 6.57. The minimum atomic E-state index is -3.11. The fourth-order valence-electron chi connectivity index (χ4n) is 5.53. The van der Waals surface area contributed by atoms with Crippen molar-refractivity contribution in [2.24, 2.45) is 5.73 Å². The first-order chi connectivity index (χ1) is 22.3. The molecule has 4 heterocycles. The molecule has 2 aromatic carbocycles. The van der Waals surface area contributed by atoms with Crippen LogP contribution in [-0.2, 0) is 26.3 Å². The van der Waals surface area contributed by atoms with Crippen LogP contribution in [0.25, 0.3) is 20.8 Å². The number of ether oxygens (including phenoxy) is 2. The Balaban J connectivity index is 1.33. The molecule has 0 bridgehead atoms. The van der Waals surface area contributed by atoms with E-state index in [1.165, 1.54) is 30.5 Å². The second kappa shape index (κ2) is 12.8. The van der Waals surface area contributed by atoms with Crippen LogP contribution in [0.3, 0.4) is 0 Å². The predicted octanol–water partition coefficient (Wildman–Crippen LogP) is 5.90. The van der Waals surface area contributed by atoms with Gasteiger partial charge in [0.25, 0.3) is 17.5 Å². The Hall–Kier alpha value is -4.97. The summed E-state index contributed by atoms with van der Waals surface area (Å²) in [5, 5.41) is 3.30. The first-order valence-corrected chi connectivity index (χ1v) is 15.5. The maximum absolute atomic E-state index is 17.1. The van der Waals surface area contributed by atoms with Gasteiger partial charge in [-0.05, 0) is 42.8 Å². The van der Waals surface area contributed by atoms with Crippen LogP contribution >= 0.6 is 11.3 Å². The largest absolute Gasteiger partial charge is 0.455 e. The van der Waals surface area contributed by atoms with Gasteiger partial charge in [0.15, 0.2) is 0 Å². The maximum atomic E-state index is 17.1. The van der Waals surface area contributed by atoms with Gasteiger partial charge in [-0.2, -0.15) is 0 Å². The number of fused-ring (bicyclic) bond motifs is 1. The van der Waals surface area contributed by atoms with Gasteiger partial charge < -0.3 is 20.5 Å². The Labute approximate surface area is 269 Å². The Morgan fingerprint density at radius 3 is 2.57 bits per heavy atom. The lowest BCUT2D eigenvalue weighted by Gasteiger charge is -2.43. The zero-order chi connectivity index (χ0) is 32.3. The van der Waals surface area contributed by atoms with Crippen molar-refractivity contribution in [3.8, 4) is 22.1 Å². The van der Waals surface area contributed by atoms with Crippen LogP contribution < -0.4 is 20.7 Å². The zero-order valence-electron chi connectivity index (χ0n) is 25.3. The molecule has 0 saturated carbocycles. The molecule has 0 spiro atoms. The van der Waals surface area contributed by atoms with E-state index >= 15 is 4.39 Å². The third-order valence-corrected chi connectivity index (χ3v) is 9.25. The number of benzene rings is 2. The van der Waals surface area contributed by atoms with E-state index in [9.17, 15) is 9.59 Å². The fraction of sp³-hybridized carbons (Fsp3) is 0.200. The third kappa shape index (κ3) is 5.53. The molecule has 2 amide bonds. The van der Waals surface area contributed by atoms with E-state index in [-0.39, 0.29) is 11.3 Å². The topological polar surface area (TPSA) is 120 Å². The first kappa shape index (κ1) is 31.0. The normalized spacial score (nSPS) is 19.5. The number of para-hydroxylation sites is 2. The van der Waals surface area contributed by atoms with E-state index < -0.39 is 22.9 Å². The Morgan fingerprint density at radius 1 is 1.04 bits per heavy atom. The molecule has 0 fully saturated rings. The van der Waals surface area contributed by atoms with Crippen molar-refractivity contribution in [3.63, 3.8) is 0 Å². The number of amides is 2. The summed E-state index contributed by atoms with van der Waals surface area (Å²) in [6.07, 6.45) is 6.42. The van der Waals surface area contributed by atoms with Crippen LogP contribution in [0.1, 0.15) is 18.1 Å². The van der Waals surface area contributed by atoms with Gasteiger partial charge in [0.05, 0.1) is 32.8 Å². The summed E-state index contributed by atoms with van der Waals surface area (Å²) in [4.78, 5) is 37.7. The lowest BCUT2D eigenvalue weighted by atomic mass is 9.66. The van der Waals surface area contributed by atoms with Crippen LogP contribution in [0.2, 0.25) is 0 Å². The SMILES string of the molecule is COCCNCc1ccc(-c2cc3nccc(Oc4ccccc4C4(C)C=CN(c5ccccc5)C(=O)C4(F)C(N)=O)c3s2)nc1. The molecule has 2 atom stereocenters. The first-order valence-electron chi connectivity index (χ1n) is 14.6. The van der Waals surface area contributed by atoms with E-state index in [1.807, 2.05) is 24.4 Å². The van der Waals surface area contributed by atoms with Crippen molar-refractivity contribution in [2.45, 2.75) is 24.6 Å². The van der Waals surface area contributed by atoms with Gasteiger partial charge in [-0.3, -0.25) is 24.5 Å². The summed E-state index contributed by atoms with van der Waals surface area (Å²) in [5.41, 5.74) is 4.02. The number of hydrogen-bond acceptors (Lipinski definition) is 8. The van der Waals surface area contributed by atoms with E-state index in [0.29, 0.717) is 30.1 Å². The third-order valence-electron chi connectivity index (χ3n) is 8.09. The number of nitrogens with one attached hydrogen (secondary N) is 1. The van der Waals surface area contributed by atoms with Crippen LogP contribution in [0.5, 0.6) is 11.5 Å². The Kier molecular flexibility index (Phi) is 8.63. The van der Waals surface area contributed by atoms with Crippen molar-refractivity contribution in [2.75, 3.05) is 25.2 Å². The number of pyridine rings is 2. The summed E-state index contributed by atoms with van der Waals surface area (Å²) in [6.45, 7) is 3.54. The number of methoxy groups -OCH3 is 1. The number of allylic oxidation sites excluding steroid dienone is 1. The van der Waals surface area contributed by atoms with Crippen molar-refractivity contribution in [1.29, 1.82) is 0 Å². The standard InChI is InChI=1S/C35H32FN5O4S/c1-34(15-18-41(24-8-4-3-5-9-24)33(43)35(34,36)32(37)42)25-10-6-7-11-28(25)45-29-14-16-39-27-20-30(46-31(27)29)26-13-12-23(22-40-26)21-38-17-19-44-2/h3-16,18,20,22,38H,17,19,21H2,1-2H3,(H2,37,42). The highest BCUT2D eigenvalue weighted by Crippen LogP contribution is 2.49. The molecule has 0 aliphatic carbocycles. The number of carbonyl (C=O) groups is 2. The number of thiophene rings is 1. The van der Waals surface area contributed by atoms with E-state index in [1.54, 1.807) is 74.0 Å². The average Bonchev–Trinajstić information content (AvgIpc) is 3.52. The Bertz CT molecular complexity index is 1920. The molecule has 3 aromatic heterocycles. The zero-order valence-corrected chi connectivity index (χ0v) is 26.1. The molecule has 234 valence electrons. The number of primary amides is 1. The minimum absolute atomic E-state index is 0.268. The molecular weight excluding hydrogens is 605 g/mol. The van der Waals surface area contributed by atoms with Crippen LogP contribution in [0.15, 0.2) is 104 Å². The van der Waals surface area contributed by atoms with Gasteiger partial charge in [-0.25, -0.2) is 4.39 Å². The van der Waals surface area contributed by atoms with E-state index in [0.717, 1.165) is 32.3 Å². The summed E-state index contributed by atoms with van der Waals surface area (Å²) in [6, 6.07) is 22.9. The van der Waals surface area contributed by atoms with Crippen molar-refractivity contribution in [1.82, 2.24) is 15.3 Å². The molecule has 3 N–H and O–H groups in total.